The summed E-state index contributed by atoms with van der Waals surface area (Å²) in [5.74, 6) is -1.05. The van der Waals surface area contributed by atoms with Crippen LogP contribution in [-0.2, 0) is 0 Å². The van der Waals surface area contributed by atoms with E-state index >= 15 is 0 Å². The number of carboxylic acids is 1. The first-order chi connectivity index (χ1) is 11.1. The number of alkyl halides is 2. The third-order valence-electron chi connectivity index (χ3n) is 3.29. The SMILES string of the molecule is O=C(O)c1c(Oc2cccc(C(F)F)c2)cnc2ccccc12. The standard InChI is InChI=1S/C17H11F2NO3/c18-16(19)10-4-3-5-11(8-10)23-14-9-20-13-7-2-1-6-12(13)15(14)17(21)22/h1-9,16H,(H,21,22). The van der Waals surface area contributed by atoms with E-state index in [-0.39, 0.29) is 22.6 Å². The molecular weight excluding hydrogens is 304 g/mol. The Morgan fingerprint density at radius 3 is 2.65 bits per heavy atom. The summed E-state index contributed by atoms with van der Waals surface area (Å²) in [5, 5.41) is 9.88. The number of hydrogen-bond acceptors (Lipinski definition) is 3. The molecule has 3 rings (SSSR count). The van der Waals surface area contributed by atoms with Gasteiger partial charge in [-0.3, -0.25) is 4.98 Å². The number of aromatic nitrogens is 1. The number of pyridine rings is 1. The van der Waals surface area contributed by atoms with Gasteiger partial charge in [-0.15, -0.1) is 0 Å². The molecule has 2 aromatic carbocycles. The number of carbonyl (C=O) groups is 1. The number of ether oxygens (including phenoxy) is 1. The molecule has 3 aromatic rings. The lowest BCUT2D eigenvalue weighted by Gasteiger charge is -2.11. The monoisotopic (exact) mass is 315 g/mol. The Kier molecular flexibility index (Phi) is 3.89. The maximum atomic E-state index is 12.7. The summed E-state index contributed by atoms with van der Waals surface area (Å²) in [6.07, 6.45) is -1.35. The van der Waals surface area contributed by atoms with Crippen molar-refractivity contribution >= 4 is 16.9 Å². The molecule has 0 fully saturated rings. The summed E-state index contributed by atoms with van der Waals surface area (Å²) >= 11 is 0. The van der Waals surface area contributed by atoms with Gasteiger partial charge in [0.05, 0.1) is 11.7 Å². The lowest BCUT2D eigenvalue weighted by atomic mass is 10.1. The zero-order valence-corrected chi connectivity index (χ0v) is 11.7. The van der Waals surface area contributed by atoms with E-state index in [0.29, 0.717) is 10.9 Å². The molecule has 0 aliphatic heterocycles. The number of aromatic carboxylic acids is 1. The quantitative estimate of drug-likeness (QED) is 0.760. The maximum absolute atomic E-state index is 12.7. The highest BCUT2D eigenvalue weighted by atomic mass is 19.3. The molecule has 0 radical (unpaired) electrons. The number of benzene rings is 2. The number of rotatable bonds is 4. The average Bonchev–Trinajstić information content (AvgIpc) is 2.54. The number of hydrogen-bond donors (Lipinski definition) is 1. The topological polar surface area (TPSA) is 59.4 Å². The van der Waals surface area contributed by atoms with Crippen LogP contribution in [0.3, 0.4) is 0 Å². The minimum atomic E-state index is -2.63. The van der Waals surface area contributed by atoms with E-state index in [1.54, 1.807) is 24.3 Å². The van der Waals surface area contributed by atoms with E-state index in [9.17, 15) is 18.7 Å². The van der Waals surface area contributed by atoms with Crippen molar-refractivity contribution in [3.63, 3.8) is 0 Å². The molecule has 0 aliphatic rings. The van der Waals surface area contributed by atoms with Crippen molar-refractivity contribution in [3.05, 3.63) is 65.9 Å². The van der Waals surface area contributed by atoms with Crippen molar-refractivity contribution in [2.75, 3.05) is 0 Å². The minimum Gasteiger partial charge on any atom is -0.478 e. The number of para-hydroxylation sites is 1. The van der Waals surface area contributed by atoms with Gasteiger partial charge < -0.3 is 9.84 Å². The van der Waals surface area contributed by atoms with Crippen LogP contribution < -0.4 is 4.74 Å². The minimum absolute atomic E-state index is 0.00242. The molecule has 0 unspecified atom stereocenters. The average molecular weight is 315 g/mol. The van der Waals surface area contributed by atoms with Crippen molar-refractivity contribution in [2.24, 2.45) is 0 Å². The Bertz CT molecular complexity index is 881. The Hall–Kier alpha value is -3.02. The van der Waals surface area contributed by atoms with Crippen LogP contribution in [0.5, 0.6) is 11.5 Å². The molecular formula is C17H11F2NO3. The van der Waals surface area contributed by atoms with Gasteiger partial charge in [0.2, 0.25) is 0 Å². The highest BCUT2D eigenvalue weighted by Gasteiger charge is 2.17. The van der Waals surface area contributed by atoms with Gasteiger partial charge in [-0.2, -0.15) is 0 Å². The van der Waals surface area contributed by atoms with E-state index in [0.717, 1.165) is 0 Å². The van der Waals surface area contributed by atoms with Crippen LogP contribution in [0.4, 0.5) is 8.78 Å². The molecule has 1 N–H and O–H groups in total. The Labute approximate surface area is 130 Å². The third-order valence-corrected chi connectivity index (χ3v) is 3.29. The van der Waals surface area contributed by atoms with Crippen LogP contribution in [0.2, 0.25) is 0 Å². The highest BCUT2D eigenvalue weighted by Crippen LogP contribution is 2.31. The normalized spacial score (nSPS) is 10.9. The van der Waals surface area contributed by atoms with Crippen LogP contribution in [0.15, 0.2) is 54.7 Å². The zero-order valence-electron chi connectivity index (χ0n) is 11.7. The van der Waals surface area contributed by atoms with Crippen molar-refractivity contribution in [1.29, 1.82) is 0 Å². The largest absolute Gasteiger partial charge is 0.478 e. The second-order valence-electron chi connectivity index (χ2n) is 4.79. The molecule has 0 saturated carbocycles. The maximum Gasteiger partial charge on any atom is 0.340 e. The molecule has 4 nitrogen and oxygen atoms in total. The summed E-state index contributed by atoms with van der Waals surface area (Å²) in [4.78, 5) is 15.7. The Morgan fingerprint density at radius 1 is 1.13 bits per heavy atom. The second kappa shape index (κ2) is 6.00. The predicted octanol–water partition coefficient (Wildman–Crippen LogP) is 4.66. The first kappa shape index (κ1) is 14.9. The Morgan fingerprint density at radius 2 is 1.91 bits per heavy atom. The first-order valence-electron chi connectivity index (χ1n) is 6.73. The summed E-state index contributed by atoms with van der Waals surface area (Å²) in [6.45, 7) is 0. The van der Waals surface area contributed by atoms with Crippen LogP contribution in [0.1, 0.15) is 22.3 Å². The molecule has 6 heteroatoms. The van der Waals surface area contributed by atoms with Gasteiger partial charge in [0, 0.05) is 10.9 Å². The number of nitrogens with zero attached hydrogens (tertiary/aromatic N) is 1. The number of halogens is 2. The van der Waals surface area contributed by atoms with Crippen LogP contribution in [0.25, 0.3) is 10.9 Å². The summed E-state index contributed by atoms with van der Waals surface area (Å²) in [6, 6.07) is 12.1. The van der Waals surface area contributed by atoms with Crippen molar-refractivity contribution in [2.45, 2.75) is 6.43 Å². The van der Waals surface area contributed by atoms with E-state index in [4.69, 9.17) is 4.74 Å². The lowest BCUT2D eigenvalue weighted by molar-refractivity contribution is 0.0696. The molecule has 0 atom stereocenters. The van der Waals surface area contributed by atoms with Gasteiger partial charge in [-0.1, -0.05) is 30.3 Å². The lowest BCUT2D eigenvalue weighted by Crippen LogP contribution is -2.02. The molecule has 0 spiro atoms. The van der Waals surface area contributed by atoms with Gasteiger partial charge in [-0.25, -0.2) is 13.6 Å². The van der Waals surface area contributed by atoms with E-state index < -0.39 is 12.4 Å². The van der Waals surface area contributed by atoms with Gasteiger partial charge >= 0.3 is 5.97 Å². The highest BCUT2D eigenvalue weighted by molar-refractivity contribution is 6.04. The molecule has 0 bridgehead atoms. The molecule has 0 saturated heterocycles. The third kappa shape index (κ3) is 2.96. The van der Waals surface area contributed by atoms with Crippen molar-refractivity contribution in [3.8, 4) is 11.5 Å². The molecule has 0 amide bonds. The van der Waals surface area contributed by atoms with Crippen LogP contribution in [0, 0.1) is 0 Å². The first-order valence-corrected chi connectivity index (χ1v) is 6.73. The van der Waals surface area contributed by atoms with Crippen LogP contribution in [-0.4, -0.2) is 16.1 Å². The predicted molar refractivity (Wildman–Crippen MR) is 80.2 cm³/mol. The Balaban J connectivity index is 2.08. The van der Waals surface area contributed by atoms with Gasteiger partial charge in [0.25, 0.3) is 6.43 Å². The van der Waals surface area contributed by atoms with Crippen molar-refractivity contribution < 1.29 is 23.4 Å². The summed E-state index contributed by atoms with van der Waals surface area (Å²) < 4.78 is 31.0. The smallest absolute Gasteiger partial charge is 0.340 e. The van der Waals surface area contributed by atoms with E-state index in [1.807, 2.05) is 0 Å². The van der Waals surface area contributed by atoms with Gasteiger partial charge in [0.1, 0.15) is 11.3 Å². The summed E-state index contributed by atoms with van der Waals surface area (Å²) in [5.41, 5.74) is 0.254. The number of fused-ring (bicyclic) bond motifs is 1. The summed E-state index contributed by atoms with van der Waals surface area (Å²) in [7, 11) is 0. The fourth-order valence-electron chi connectivity index (χ4n) is 2.26. The van der Waals surface area contributed by atoms with Gasteiger partial charge in [-0.05, 0) is 18.2 Å². The molecule has 0 aliphatic carbocycles. The zero-order chi connectivity index (χ0) is 16.4. The second-order valence-corrected chi connectivity index (χ2v) is 4.79. The molecule has 1 aromatic heterocycles. The van der Waals surface area contributed by atoms with E-state index in [2.05, 4.69) is 4.98 Å². The number of carboxylic acid groups (broad SMARTS) is 1. The van der Waals surface area contributed by atoms with Gasteiger partial charge in [0.15, 0.2) is 5.75 Å². The fourth-order valence-corrected chi connectivity index (χ4v) is 2.26. The molecule has 23 heavy (non-hydrogen) atoms. The fraction of sp³-hybridized carbons (Fsp3) is 0.0588. The van der Waals surface area contributed by atoms with Crippen LogP contribution >= 0.6 is 0 Å². The molecule has 116 valence electrons. The van der Waals surface area contributed by atoms with Crippen molar-refractivity contribution in [1.82, 2.24) is 4.98 Å². The van der Waals surface area contributed by atoms with E-state index in [1.165, 1.54) is 30.5 Å². The molecule has 1 heterocycles.